The first-order valence-corrected chi connectivity index (χ1v) is 6.71. The van der Waals surface area contributed by atoms with Crippen LogP contribution in [0.1, 0.15) is 23.5 Å². The highest BCUT2D eigenvalue weighted by Crippen LogP contribution is 2.32. The summed E-state index contributed by atoms with van der Waals surface area (Å²) in [6.45, 7) is 0.695. The Morgan fingerprint density at radius 3 is 2.58 bits per heavy atom. The molecule has 0 bridgehead atoms. The lowest BCUT2D eigenvalue weighted by atomic mass is 9.87. The molecule has 19 heavy (non-hydrogen) atoms. The van der Waals surface area contributed by atoms with Gasteiger partial charge < -0.3 is 10.7 Å². The molecule has 1 atom stereocenters. The molecule has 2 aromatic carbocycles. The van der Waals surface area contributed by atoms with Crippen LogP contribution in [0.2, 0.25) is 0 Å². The van der Waals surface area contributed by atoms with Crippen LogP contribution in [0.5, 0.6) is 0 Å². The zero-order chi connectivity index (χ0) is 13.1. The average Bonchev–Trinajstić information content (AvgIpc) is 2.94. The van der Waals surface area contributed by atoms with Crippen molar-refractivity contribution in [2.45, 2.75) is 12.3 Å². The molecular weight excluding hydrogens is 232 g/mol. The summed E-state index contributed by atoms with van der Waals surface area (Å²) in [5, 5.41) is 1.30. The minimum Gasteiger partial charge on any atom is -0.361 e. The molecule has 2 heteroatoms. The Hall–Kier alpha value is -2.06. The molecular formula is C17H18N2. The predicted octanol–water partition coefficient (Wildman–Crippen LogP) is 3.65. The van der Waals surface area contributed by atoms with E-state index in [9.17, 15) is 0 Å². The Morgan fingerprint density at radius 1 is 0.947 bits per heavy atom. The van der Waals surface area contributed by atoms with Gasteiger partial charge in [-0.15, -0.1) is 0 Å². The molecule has 0 spiro atoms. The first-order chi connectivity index (χ1) is 9.40. The summed E-state index contributed by atoms with van der Waals surface area (Å²) in [6.07, 6.45) is 2.97. The first-order valence-electron chi connectivity index (χ1n) is 6.71. The lowest BCUT2D eigenvalue weighted by molar-refractivity contribution is 0.731. The van der Waals surface area contributed by atoms with Crippen LogP contribution < -0.4 is 5.73 Å². The first kappa shape index (κ1) is 12.0. The van der Waals surface area contributed by atoms with Crippen LogP contribution in [-0.4, -0.2) is 11.5 Å². The van der Waals surface area contributed by atoms with Gasteiger partial charge in [0.1, 0.15) is 0 Å². The van der Waals surface area contributed by atoms with Crippen molar-refractivity contribution in [2.24, 2.45) is 5.73 Å². The standard InChI is InChI=1S/C17H18N2/c18-11-9-14(13-5-2-1-3-6-13)15-7-4-8-17-16(15)10-12-19-17/h1-8,10,12,14,19H,9,11,18H2. The molecule has 2 nitrogen and oxygen atoms in total. The van der Waals surface area contributed by atoms with E-state index in [4.69, 9.17) is 5.73 Å². The third-order valence-corrected chi connectivity index (χ3v) is 3.66. The molecule has 3 rings (SSSR count). The molecule has 1 unspecified atom stereocenters. The van der Waals surface area contributed by atoms with Gasteiger partial charge in [-0.2, -0.15) is 0 Å². The molecule has 1 heterocycles. The molecule has 3 aromatic rings. The largest absolute Gasteiger partial charge is 0.361 e. The fourth-order valence-electron chi connectivity index (χ4n) is 2.77. The van der Waals surface area contributed by atoms with E-state index in [0.29, 0.717) is 12.5 Å². The highest BCUT2D eigenvalue weighted by atomic mass is 14.7. The van der Waals surface area contributed by atoms with Gasteiger partial charge in [-0.25, -0.2) is 0 Å². The highest BCUT2D eigenvalue weighted by Gasteiger charge is 2.15. The van der Waals surface area contributed by atoms with Gasteiger partial charge in [-0.05, 0) is 36.2 Å². The fourth-order valence-corrected chi connectivity index (χ4v) is 2.77. The minimum atomic E-state index is 0.366. The Bertz CT molecular complexity index is 655. The number of hydrogen-bond acceptors (Lipinski definition) is 1. The van der Waals surface area contributed by atoms with Crippen molar-refractivity contribution in [3.05, 3.63) is 71.9 Å². The third kappa shape index (κ3) is 2.27. The summed E-state index contributed by atoms with van der Waals surface area (Å²) < 4.78 is 0. The lowest BCUT2D eigenvalue weighted by Gasteiger charge is -2.18. The smallest absolute Gasteiger partial charge is 0.0456 e. The minimum absolute atomic E-state index is 0.366. The number of rotatable bonds is 4. The van der Waals surface area contributed by atoms with E-state index in [1.54, 1.807) is 0 Å². The van der Waals surface area contributed by atoms with E-state index < -0.39 is 0 Å². The van der Waals surface area contributed by atoms with Gasteiger partial charge in [0.2, 0.25) is 0 Å². The third-order valence-electron chi connectivity index (χ3n) is 3.66. The second-order valence-corrected chi connectivity index (χ2v) is 4.83. The number of nitrogens with one attached hydrogen (secondary N) is 1. The van der Waals surface area contributed by atoms with Crippen LogP contribution in [0, 0.1) is 0 Å². The van der Waals surface area contributed by atoms with Gasteiger partial charge in [0.25, 0.3) is 0 Å². The maximum atomic E-state index is 5.82. The van der Waals surface area contributed by atoms with Crippen LogP contribution in [0.25, 0.3) is 10.9 Å². The SMILES string of the molecule is NCCC(c1ccccc1)c1cccc2[nH]ccc12. The number of benzene rings is 2. The van der Waals surface area contributed by atoms with E-state index in [1.807, 2.05) is 6.20 Å². The molecule has 0 fully saturated rings. The van der Waals surface area contributed by atoms with Gasteiger partial charge in [0.05, 0.1) is 0 Å². The Labute approximate surface area is 113 Å². The van der Waals surface area contributed by atoms with Crippen molar-refractivity contribution in [2.75, 3.05) is 6.54 Å². The number of aromatic amines is 1. The monoisotopic (exact) mass is 250 g/mol. The van der Waals surface area contributed by atoms with Crippen LogP contribution in [0.4, 0.5) is 0 Å². The topological polar surface area (TPSA) is 41.8 Å². The van der Waals surface area contributed by atoms with Crippen molar-refractivity contribution in [3.8, 4) is 0 Å². The number of fused-ring (bicyclic) bond motifs is 1. The van der Waals surface area contributed by atoms with Gasteiger partial charge in [-0.1, -0.05) is 42.5 Å². The van der Waals surface area contributed by atoms with Crippen LogP contribution in [0.15, 0.2) is 60.8 Å². The van der Waals surface area contributed by atoms with E-state index in [0.717, 1.165) is 6.42 Å². The van der Waals surface area contributed by atoms with Crippen molar-refractivity contribution in [3.63, 3.8) is 0 Å². The van der Waals surface area contributed by atoms with E-state index in [2.05, 4.69) is 59.6 Å². The quantitative estimate of drug-likeness (QED) is 0.729. The Balaban J connectivity index is 2.12. The molecule has 0 aliphatic heterocycles. The summed E-state index contributed by atoms with van der Waals surface area (Å²) in [5.41, 5.74) is 9.70. The maximum Gasteiger partial charge on any atom is 0.0456 e. The number of H-pyrrole nitrogens is 1. The highest BCUT2D eigenvalue weighted by molar-refractivity contribution is 5.83. The van der Waals surface area contributed by atoms with Crippen molar-refractivity contribution >= 4 is 10.9 Å². The van der Waals surface area contributed by atoms with Crippen LogP contribution in [-0.2, 0) is 0 Å². The normalized spacial score (nSPS) is 12.7. The van der Waals surface area contributed by atoms with E-state index in [1.165, 1.54) is 22.0 Å². The molecule has 0 aliphatic rings. The second kappa shape index (κ2) is 5.29. The van der Waals surface area contributed by atoms with Gasteiger partial charge in [0.15, 0.2) is 0 Å². The van der Waals surface area contributed by atoms with Gasteiger partial charge >= 0.3 is 0 Å². The zero-order valence-electron chi connectivity index (χ0n) is 10.8. The second-order valence-electron chi connectivity index (χ2n) is 4.83. The van der Waals surface area contributed by atoms with Gasteiger partial charge in [0, 0.05) is 23.0 Å². The molecule has 1 aromatic heterocycles. The zero-order valence-corrected chi connectivity index (χ0v) is 10.8. The summed E-state index contributed by atoms with van der Waals surface area (Å²) in [7, 11) is 0. The van der Waals surface area contributed by atoms with Crippen molar-refractivity contribution in [1.29, 1.82) is 0 Å². The van der Waals surface area contributed by atoms with E-state index in [-0.39, 0.29) is 0 Å². The molecule has 3 N–H and O–H groups in total. The van der Waals surface area contributed by atoms with Crippen molar-refractivity contribution in [1.82, 2.24) is 4.98 Å². The lowest BCUT2D eigenvalue weighted by Crippen LogP contribution is -2.09. The van der Waals surface area contributed by atoms with Crippen molar-refractivity contribution < 1.29 is 0 Å². The fraction of sp³-hybridized carbons (Fsp3) is 0.176. The molecule has 0 amide bonds. The summed E-state index contributed by atoms with van der Waals surface area (Å²) in [4.78, 5) is 3.28. The summed E-state index contributed by atoms with van der Waals surface area (Å²) in [6, 6.07) is 19.2. The molecule has 0 saturated carbocycles. The molecule has 96 valence electrons. The Morgan fingerprint density at radius 2 is 1.79 bits per heavy atom. The molecule has 0 radical (unpaired) electrons. The maximum absolute atomic E-state index is 5.82. The Kier molecular flexibility index (Phi) is 3.34. The van der Waals surface area contributed by atoms with Crippen LogP contribution in [0.3, 0.4) is 0 Å². The van der Waals surface area contributed by atoms with Gasteiger partial charge in [-0.3, -0.25) is 0 Å². The summed E-state index contributed by atoms with van der Waals surface area (Å²) in [5.74, 6) is 0.366. The summed E-state index contributed by atoms with van der Waals surface area (Å²) >= 11 is 0. The number of hydrogen-bond donors (Lipinski definition) is 2. The number of nitrogens with two attached hydrogens (primary N) is 1. The molecule has 0 saturated heterocycles. The predicted molar refractivity (Wildman–Crippen MR) is 80.3 cm³/mol. The molecule has 0 aliphatic carbocycles. The van der Waals surface area contributed by atoms with E-state index >= 15 is 0 Å². The number of aromatic nitrogens is 1. The van der Waals surface area contributed by atoms with Crippen LogP contribution >= 0.6 is 0 Å². The average molecular weight is 250 g/mol.